The van der Waals surface area contributed by atoms with E-state index in [2.05, 4.69) is 26.3 Å². The van der Waals surface area contributed by atoms with E-state index in [9.17, 15) is 33.9 Å². The number of halogens is 1. The van der Waals surface area contributed by atoms with E-state index in [-0.39, 0.29) is 49.9 Å². The second-order valence-electron chi connectivity index (χ2n) is 17.9. The Labute approximate surface area is 367 Å². The van der Waals surface area contributed by atoms with Crippen LogP contribution in [0.3, 0.4) is 0 Å². The van der Waals surface area contributed by atoms with Crippen molar-refractivity contribution >= 4 is 52.7 Å². The van der Waals surface area contributed by atoms with Crippen LogP contribution in [-0.2, 0) is 35.1 Å². The number of nitrogens with two attached hydrogens (primary N) is 1. The molecule has 1 aromatic heterocycles. The molecular weight excluding hydrogens is 818 g/mol. The van der Waals surface area contributed by atoms with Gasteiger partial charge in [-0.2, -0.15) is 0 Å². The minimum Gasteiger partial charge on any atom is -0.444 e. The van der Waals surface area contributed by atoms with E-state index in [1.54, 1.807) is 49.8 Å². The zero-order valence-corrected chi connectivity index (χ0v) is 37.7. The fourth-order valence-electron chi connectivity index (χ4n) is 7.12. The maximum absolute atomic E-state index is 15.6. The molecule has 0 bridgehead atoms. The van der Waals surface area contributed by atoms with Gasteiger partial charge in [0.25, 0.3) is 0 Å². The second kappa shape index (κ2) is 21.6. The topological polar surface area (TPSA) is 222 Å². The third-order valence-corrected chi connectivity index (χ3v) is 11.4. The predicted molar refractivity (Wildman–Crippen MR) is 235 cm³/mol. The molecule has 3 aromatic rings. The number of rotatable bonds is 18. The van der Waals surface area contributed by atoms with Crippen LogP contribution in [0.15, 0.2) is 48.0 Å². The number of nitrogens with one attached hydrogen (secondary N) is 4. The van der Waals surface area contributed by atoms with Gasteiger partial charge in [0, 0.05) is 25.8 Å². The standard InChI is InChI=1S/C45H62FN7O8S/c1-26(28-17-19-30(20-18-28)38-27(2)48-25-62-38)49-41(58)34-23-31(54)24-53(34)42(59)39(44(3,4)5)52-36(56)16-11-9-10-13-29-14-12-15-32(37(29)46)50-40(57)33(21-22-35(47)55)51-43(60)61-45(6,7)8/h12,14-15,17-20,25-26,31,33-34,39,54H,9-11,13,16,21-24H2,1-8H3,(H2,47,55)(H,49,58)(H,50,57)(H,51,60)(H,52,56)/t26-,31+,33-,34-,39+/m0/s1. The van der Waals surface area contributed by atoms with E-state index in [0.717, 1.165) is 21.7 Å². The van der Waals surface area contributed by atoms with Crippen LogP contribution in [0, 0.1) is 18.2 Å². The zero-order valence-electron chi connectivity index (χ0n) is 36.9. The lowest BCUT2D eigenvalue weighted by Crippen LogP contribution is -2.57. The molecule has 2 aromatic carbocycles. The molecule has 6 amide bonds. The first-order valence-corrected chi connectivity index (χ1v) is 21.9. The number of primary amides is 1. The number of alkyl carbamates (subject to hydrolysis) is 1. The number of amides is 6. The molecule has 7 N–H and O–H groups in total. The maximum Gasteiger partial charge on any atom is 0.408 e. The second-order valence-corrected chi connectivity index (χ2v) is 18.8. The Morgan fingerprint density at radius 2 is 1.66 bits per heavy atom. The van der Waals surface area contributed by atoms with Crippen molar-refractivity contribution in [1.29, 1.82) is 0 Å². The van der Waals surface area contributed by atoms with Gasteiger partial charge in [0.2, 0.25) is 29.5 Å². The number of aromatic nitrogens is 1. The normalized spacial score (nSPS) is 16.8. The molecule has 0 saturated carbocycles. The number of anilines is 1. The highest BCUT2D eigenvalue weighted by molar-refractivity contribution is 7.13. The molecule has 5 atom stereocenters. The molecule has 1 saturated heterocycles. The zero-order chi connectivity index (χ0) is 45.9. The molecule has 1 aliphatic rings. The van der Waals surface area contributed by atoms with Crippen molar-refractivity contribution in [3.63, 3.8) is 0 Å². The van der Waals surface area contributed by atoms with Crippen LogP contribution in [0.1, 0.15) is 116 Å². The number of ether oxygens (including phenoxy) is 1. The lowest BCUT2D eigenvalue weighted by atomic mass is 9.85. The Morgan fingerprint density at radius 1 is 0.968 bits per heavy atom. The summed E-state index contributed by atoms with van der Waals surface area (Å²) in [6.45, 7) is 14.2. The highest BCUT2D eigenvalue weighted by atomic mass is 32.1. The number of thiazole rings is 1. The SMILES string of the molecule is Cc1ncsc1-c1ccc([C@H](C)NC(=O)[C@@H]2C[C@@H](O)CN2C(=O)[C@@H](NC(=O)CCCCCc2cccc(NC(=O)[C@H](CCC(N)=O)NC(=O)OC(C)(C)C)c2F)C(C)(C)C)cc1. The first-order valence-electron chi connectivity index (χ1n) is 21.0. The molecule has 0 radical (unpaired) electrons. The molecule has 0 spiro atoms. The van der Waals surface area contributed by atoms with Crippen LogP contribution in [-0.4, -0.2) is 87.0 Å². The van der Waals surface area contributed by atoms with Gasteiger partial charge < -0.3 is 41.7 Å². The summed E-state index contributed by atoms with van der Waals surface area (Å²) < 4.78 is 20.8. The summed E-state index contributed by atoms with van der Waals surface area (Å²) in [6, 6.07) is 8.92. The number of β-amino-alcohol motifs (C(OH)–C–C–N with tert-alkyl or cyclic N) is 1. The average molecular weight is 880 g/mol. The summed E-state index contributed by atoms with van der Waals surface area (Å²) in [7, 11) is 0. The van der Waals surface area contributed by atoms with E-state index in [0.29, 0.717) is 31.2 Å². The molecular formula is C45H62FN7O8S. The number of aliphatic hydroxyl groups excluding tert-OH is 1. The van der Waals surface area contributed by atoms with Crippen LogP contribution < -0.4 is 27.0 Å². The highest BCUT2D eigenvalue weighted by Gasteiger charge is 2.44. The predicted octanol–water partition coefficient (Wildman–Crippen LogP) is 5.83. The molecule has 0 unspecified atom stereocenters. The summed E-state index contributed by atoms with van der Waals surface area (Å²) in [5.74, 6) is -3.28. The average Bonchev–Trinajstić information content (AvgIpc) is 3.80. The van der Waals surface area contributed by atoms with Gasteiger partial charge in [-0.3, -0.25) is 24.0 Å². The van der Waals surface area contributed by atoms with Gasteiger partial charge in [0.15, 0.2) is 0 Å². The number of aryl methyl sites for hydroxylation is 2. The Bertz CT molecular complexity index is 2060. The van der Waals surface area contributed by atoms with E-state index >= 15 is 4.39 Å². The smallest absolute Gasteiger partial charge is 0.408 e. The molecule has 338 valence electrons. The van der Waals surface area contributed by atoms with Gasteiger partial charge in [-0.25, -0.2) is 14.2 Å². The first-order chi connectivity index (χ1) is 29.0. The number of carbonyl (C=O) groups excluding carboxylic acids is 6. The third-order valence-electron chi connectivity index (χ3n) is 10.4. The van der Waals surface area contributed by atoms with E-state index < -0.39 is 70.8 Å². The van der Waals surface area contributed by atoms with Gasteiger partial charge in [0.05, 0.1) is 33.9 Å². The van der Waals surface area contributed by atoms with Gasteiger partial charge in [0.1, 0.15) is 29.5 Å². The summed E-state index contributed by atoms with van der Waals surface area (Å²) in [5.41, 5.74) is 8.57. The quantitative estimate of drug-likeness (QED) is 0.0846. The van der Waals surface area contributed by atoms with Crippen molar-refractivity contribution in [3.05, 3.63) is 70.6 Å². The summed E-state index contributed by atoms with van der Waals surface area (Å²) >= 11 is 1.56. The fraction of sp³-hybridized carbons (Fsp3) is 0.533. The van der Waals surface area contributed by atoms with Crippen molar-refractivity contribution in [2.24, 2.45) is 11.1 Å². The number of unbranched alkanes of at least 4 members (excludes halogenated alkanes) is 2. The van der Waals surface area contributed by atoms with Crippen LogP contribution in [0.2, 0.25) is 0 Å². The summed E-state index contributed by atoms with van der Waals surface area (Å²) in [5, 5.41) is 21.4. The Kier molecular flexibility index (Phi) is 17.1. The highest BCUT2D eigenvalue weighted by Crippen LogP contribution is 2.30. The number of aliphatic hydroxyl groups is 1. The van der Waals surface area contributed by atoms with E-state index in [1.165, 1.54) is 11.0 Å². The number of benzene rings is 2. The van der Waals surface area contributed by atoms with Gasteiger partial charge in [-0.1, -0.05) is 63.6 Å². The minimum absolute atomic E-state index is 0.0447. The molecule has 1 fully saturated rings. The third kappa shape index (κ3) is 14.3. The van der Waals surface area contributed by atoms with Crippen molar-refractivity contribution in [2.75, 3.05) is 11.9 Å². The molecule has 1 aliphatic heterocycles. The first kappa shape index (κ1) is 49.2. The van der Waals surface area contributed by atoms with Gasteiger partial charge in [-0.15, -0.1) is 11.3 Å². The number of nitrogens with zero attached hydrogens (tertiary/aromatic N) is 2. The Hall–Kier alpha value is -5.42. The maximum atomic E-state index is 15.6. The number of hydrogen-bond acceptors (Lipinski definition) is 10. The lowest BCUT2D eigenvalue weighted by molar-refractivity contribution is -0.144. The number of hydrogen-bond donors (Lipinski definition) is 6. The van der Waals surface area contributed by atoms with Crippen molar-refractivity contribution in [2.45, 2.75) is 143 Å². The summed E-state index contributed by atoms with van der Waals surface area (Å²) in [6.07, 6.45) is -0.117. The number of likely N-dealkylation sites (tertiary alicyclic amines) is 1. The van der Waals surface area contributed by atoms with Crippen LogP contribution in [0.4, 0.5) is 14.9 Å². The van der Waals surface area contributed by atoms with Crippen LogP contribution >= 0.6 is 11.3 Å². The molecule has 62 heavy (non-hydrogen) atoms. The van der Waals surface area contributed by atoms with Gasteiger partial charge >= 0.3 is 6.09 Å². The Morgan fingerprint density at radius 3 is 2.27 bits per heavy atom. The largest absolute Gasteiger partial charge is 0.444 e. The lowest BCUT2D eigenvalue weighted by Gasteiger charge is -2.35. The minimum atomic E-state index is -1.22. The monoisotopic (exact) mass is 879 g/mol. The van der Waals surface area contributed by atoms with Crippen molar-refractivity contribution in [1.82, 2.24) is 25.8 Å². The van der Waals surface area contributed by atoms with Crippen LogP contribution in [0.5, 0.6) is 0 Å². The van der Waals surface area contributed by atoms with E-state index in [4.69, 9.17) is 10.5 Å². The Balaban J connectivity index is 1.29. The summed E-state index contributed by atoms with van der Waals surface area (Å²) in [4.78, 5) is 84.6. The van der Waals surface area contributed by atoms with E-state index in [1.807, 2.05) is 58.9 Å². The van der Waals surface area contributed by atoms with Crippen molar-refractivity contribution in [3.8, 4) is 10.4 Å². The number of carbonyl (C=O) groups is 6. The molecule has 17 heteroatoms. The molecule has 0 aliphatic carbocycles. The van der Waals surface area contributed by atoms with Gasteiger partial charge in [-0.05, 0) is 88.5 Å². The molecule has 15 nitrogen and oxygen atoms in total. The van der Waals surface area contributed by atoms with Crippen LogP contribution in [0.25, 0.3) is 10.4 Å². The fourth-order valence-corrected chi connectivity index (χ4v) is 7.93. The van der Waals surface area contributed by atoms with Crippen molar-refractivity contribution < 1.29 is 43.0 Å². The molecule has 4 rings (SSSR count). The molecule has 2 heterocycles.